The summed E-state index contributed by atoms with van der Waals surface area (Å²) >= 11 is 3.23. The third-order valence-corrected chi connectivity index (χ3v) is 10.4. The van der Waals surface area contributed by atoms with Crippen LogP contribution in [0, 0.1) is 0 Å². The lowest BCUT2D eigenvalue weighted by atomic mass is 9.92. The van der Waals surface area contributed by atoms with Crippen LogP contribution in [0.5, 0.6) is 11.5 Å². The van der Waals surface area contributed by atoms with Crippen LogP contribution in [0.4, 0.5) is 0 Å². The molecule has 0 unspecified atom stereocenters. The highest BCUT2D eigenvalue weighted by atomic mass is 79.9. The Kier molecular flexibility index (Phi) is 8.50. The van der Waals surface area contributed by atoms with Gasteiger partial charge in [-0.25, -0.2) is 16.8 Å². The molecule has 0 amide bonds. The minimum absolute atomic E-state index is 0.130. The van der Waals surface area contributed by atoms with Crippen molar-refractivity contribution < 1.29 is 45.4 Å². The fourth-order valence-corrected chi connectivity index (χ4v) is 6.93. The third kappa shape index (κ3) is 6.49. The summed E-state index contributed by atoms with van der Waals surface area (Å²) in [6, 6.07) is 17.9. The van der Waals surface area contributed by atoms with Crippen molar-refractivity contribution in [2.45, 2.75) is 48.7 Å². The van der Waals surface area contributed by atoms with E-state index in [0.29, 0.717) is 49.8 Å². The quantitative estimate of drug-likeness (QED) is 0.326. The Morgan fingerprint density at radius 1 is 0.609 bits per heavy atom. The number of hydrogen-bond acceptors (Lipinski definition) is 10. The van der Waals surface area contributed by atoms with Gasteiger partial charge in [-0.15, -0.1) is 0 Å². The van der Waals surface area contributed by atoms with Gasteiger partial charge in [-0.1, -0.05) is 6.07 Å². The molecule has 0 N–H and O–H groups in total. The molecule has 13 heteroatoms. The number of Topliss-reactive ketones (excluding diaryl/α,β-unsaturated/α-hetero) is 2. The smallest absolute Gasteiger partial charge is 0.231 e. The molecule has 242 valence electrons. The van der Waals surface area contributed by atoms with Crippen LogP contribution in [0.1, 0.15) is 44.4 Å². The van der Waals surface area contributed by atoms with Crippen LogP contribution in [0.2, 0.25) is 0 Å². The summed E-state index contributed by atoms with van der Waals surface area (Å²) in [7, 11) is -6.53. The van der Waals surface area contributed by atoms with Gasteiger partial charge in [0.05, 0.1) is 15.4 Å². The molecule has 10 nitrogen and oxygen atoms in total. The molecule has 0 saturated heterocycles. The zero-order chi connectivity index (χ0) is 33.8. The Bertz CT molecular complexity index is 2040. The molecule has 46 heavy (non-hydrogen) atoms. The molecular weight excluding hydrogens is 700 g/mol. The SMILES string of the molecule is CC1(C)OC(c2ccc(S(C)(=O)=O)cc2)=C(Br)C1=O.CC1(C)OC(c2ccc(S(C)(=O)=O)cc2)=C(c2ccc3c(c2)OCO3)C1=O. The Morgan fingerprint density at radius 3 is 1.52 bits per heavy atom. The molecule has 3 aromatic rings. The minimum Gasteiger partial charge on any atom is -0.478 e. The van der Waals surface area contributed by atoms with E-state index < -0.39 is 30.9 Å². The molecule has 0 atom stereocenters. The van der Waals surface area contributed by atoms with E-state index in [1.807, 2.05) is 0 Å². The minimum atomic E-state index is -3.30. The summed E-state index contributed by atoms with van der Waals surface area (Å²) in [5.74, 6) is 1.78. The topological polar surface area (TPSA) is 139 Å². The highest BCUT2D eigenvalue weighted by Gasteiger charge is 2.43. The number of halogens is 1. The van der Waals surface area contributed by atoms with Crippen LogP contribution < -0.4 is 9.47 Å². The third-order valence-electron chi connectivity index (χ3n) is 7.41. The predicted molar refractivity (Wildman–Crippen MR) is 175 cm³/mol. The van der Waals surface area contributed by atoms with E-state index in [4.69, 9.17) is 18.9 Å². The van der Waals surface area contributed by atoms with Gasteiger partial charge in [-0.05, 0) is 110 Å². The van der Waals surface area contributed by atoms with Crippen LogP contribution in [0.15, 0.2) is 81.0 Å². The number of fused-ring (bicyclic) bond motifs is 1. The lowest BCUT2D eigenvalue weighted by Crippen LogP contribution is -2.29. The van der Waals surface area contributed by atoms with Gasteiger partial charge in [0.1, 0.15) is 16.0 Å². The van der Waals surface area contributed by atoms with Crippen LogP contribution >= 0.6 is 15.9 Å². The van der Waals surface area contributed by atoms with Crippen molar-refractivity contribution in [1.29, 1.82) is 0 Å². The van der Waals surface area contributed by atoms with Gasteiger partial charge in [-0.2, -0.15) is 0 Å². The molecule has 0 aromatic heterocycles. The second-order valence-corrected chi connectivity index (χ2v) is 16.7. The summed E-state index contributed by atoms with van der Waals surface area (Å²) in [6.07, 6.45) is 2.30. The number of sulfone groups is 2. The second kappa shape index (κ2) is 11.7. The van der Waals surface area contributed by atoms with Gasteiger partial charge in [0.2, 0.25) is 18.4 Å². The molecule has 0 radical (unpaired) electrons. The lowest BCUT2D eigenvalue weighted by molar-refractivity contribution is -0.126. The highest BCUT2D eigenvalue weighted by molar-refractivity contribution is 9.12. The number of benzene rings is 3. The number of ketones is 2. The fourth-order valence-electron chi connectivity index (χ4n) is 4.88. The lowest BCUT2D eigenvalue weighted by Gasteiger charge is -2.17. The van der Waals surface area contributed by atoms with E-state index in [2.05, 4.69) is 15.9 Å². The molecule has 0 aliphatic carbocycles. The standard InChI is InChI=1S/C20H18O6S.C13H13BrO4S/c1-20(2)19(21)17(13-6-9-15-16(10-13)25-11-24-15)18(26-20)12-4-7-14(8-5-12)27(3,22)23;1-13(2)12(15)10(14)11(18-13)8-4-6-9(7-5-8)19(3,16)17/h4-10H,11H2,1-3H3;4-7H,1-3H3. The molecule has 3 aliphatic heterocycles. The van der Waals surface area contributed by atoms with Crippen LogP contribution in [-0.2, 0) is 38.7 Å². The van der Waals surface area contributed by atoms with Gasteiger partial charge in [0.15, 0.2) is 42.4 Å². The Morgan fingerprint density at radius 2 is 1.04 bits per heavy atom. The van der Waals surface area contributed by atoms with Crippen molar-refractivity contribution in [3.05, 3.63) is 87.9 Å². The van der Waals surface area contributed by atoms with Crippen molar-refractivity contribution in [3.63, 3.8) is 0 Å². The predicted octanol–water partition coefficient (Wildman–Crippen LogP) is 5.60. The molecule has 3 aromatic carbocycles. The molecule has 0 bridgehead atoms. The maximum Gasteiger partial charge on any atom is 0.231 e. The first-order valence-electron chi connectivity index (χ1n) is 13.9. The molecule has 0 spiro atoms. The first-order chi connectivity index (χ1) is 21.3. The maximum atomic E-state index is 13.0. The van der Waals surface area contributed by atoms with Gasteiger partial charge < -0.3 is 18.9 Å². The first kappa shape index (κ1) is 33.4. The van der Waals surface area contributed by atoms with Gasteiger partial charge >= 0.3 is 0 Å². The first-order valence-corrected chi connectivity index (χ1v) is 18.5. The van der Waals surface area contributed by atoms with E-state index in [-0.39, 0.29) is 28.2 Å². The van der Waals surface area contributed by atoms with E-state index in [9.17, 15) is 26.4 Å². The summed E-state index contributed by atoms with van der Waals surface area (Å²) < 4.78 is 68.9. The summed E-state index contributed by atoms with van der Waals surface area (Å²) in [5.41, 5.74) is 0.481. The number of hydrogen-bond donors (Lipinski definition) is 0. The molecule has 6 rings (SSSR count). The maximum absolute atomic E-state index is 13.0. The van der Waals surface area contributed by atoms with Crippen molar-refractivity contribution in [3.8, 4) is 11.5 Å². The summed E-state index contributed by atoms with van der Waals surface area (Å²) in [5, 5.41) is 0. The zero-order valence-corrected chi connectivity index (χ0v) is 29.1. The van der Waals surface area contributed by atoms with E-state index >= 15 is 0 Å². The molecule has 3 aliphatic rings. The van der Waals surface area contributed by atoms with E-state index in [1.165, 1.54) is 24.3 Å². The number of carbonyl (C=O) groups is 2. The van der Waals surface area contributed by atoms with Crippen LogP contribution in [0.25, 0.3) is 17.1 Å². The van der Waals surface area contributed by atoms with Crippen molar-refractivity contribution in [2.24, 2.45) is 0 Å². The fraction of sp³-hybridized carbons (Fsp3) is 0.273. The van der Waals surface area contributed by atoms with Crippen molar-refractivity contribution in [1.82, 2.24) is 0 Å². The molecule has 0 fully saturated rings. The zero-order valence-electron chi connectivity index (χ0n) is 25.8. The van der Waals surface area contributed by atoms with E-state index in [1.54, 1.807) is 70.2 Å². The van der Waals surface area contributed by atoms with Crippen LogP contribution in [-0.4, -0.2) is 58.9 Å². The van der Waals surface area contributed by atoms with Crippen molar-refractivity contribution >= 4 is 64.3 Å². The normalized spacial score (nSPS) is 18.2. The average Bonchev–Trinajstić information content (AvgIpc) is 3.61. The van der Waals surface area contributed by atoms with Gasteiger partial charge in [-0.3, -0.25) is 9.59 Å². The van der Waals surface area contributed by atoms with E-state index in [0.717, 1.165) is 12.5 Å². The van der Waals surface area contributed by atoms with Gasteiger partial charge in [0, 0.05) is 23.6 Å². The molecular formula is C33H31BrO10S2. The Hall–Kier alpha value is -3.94. The van der Waals surface area contributed by atoms with Crippen LogP contribution in [0.3, 0.4) is 0 Å². The van der Waals surface area contributed by atoms with Gasteiger partial charge in [0.25, 0.3) is 0 Å². The molecule has 0 saturated carbocycles. The monoisotopic (exact) mass is 730 g/mol. The highest BCUT2D eigenvalue weighted by Crippen LogP contribution is 2.44. The second-order valence-electron chi connectivity index (χ2n) is 11.9. The average molecular weight is 732 g/mol. The number of ether oxygens (including phenoxy) is 4. The van der Waals surface area contributed by atoms with Crippen molar-refractivity contribution in [2.75, 3.05) is 19.3 Å². The number of carbonyl (C=O) groups excluding carboxylic acids is 2. The largest absolute Gasteiger partial charge is 0.478 e. The molecule has 3 heterocycles. The Labute approximate surface area is 276 Å². The Balaban J connectivity index is 0.000000193. The summed E-state index contributed by atoms with van der Waals surface area (Å²) in [6.45, 7) is 6.94. The summed E-state index contributed by atoms with van der Waals surface area (Å²) in [4.78, 5) is 25.3. The number of rotatable bonds is 5.